The molecule has 0 bridgehead atoms. The summed E-state index contributed by atoms with van der Waals surface area (Å²) in [4.78, 5) is 13.9. The van der Waals surface area contributed by atoms with Gasteiger partial charge in [-0.05, 0) is 37.1 Å². The monoisotopic (exact) mass is 328 g/mol. The van der Waals surface area contributed by atoms with Crippen LogP contribution in [-0.2, 0) is 24.4 Å². The molecule has 0 fully saturated rings. The van der Waals surface area contributed by atoms with Crippen LogP contribution in [0.4, 0.5) is 0 Å². The second kappa shape index (κ2) is 8.86. The summed E-state index contributed by atoms with van der Waals surface area (Å²) < 4.78 is 7.44. The number of hydrogen-bond acceptors (Lipinski definition) is 4. The van der Waals surface area contributed by atoms with Gasteiger partial charge in [0.1, 0.15) is 5.75 Å². The van der Waals surface area contributed by atoms with Crippen molar-refractivity contribution in [1.82, 2.24) is 19.9 Å². The predicted molar refractivity (Wildman–Crippen MR) is 92.4 cm³/mol. The second-order valence-corrected chi connectivity index (χ2v) is 5.44. The molecular weight excluding hydrogens is 304 g/mol. The summed E-state index contributed by atoms with van der Waals surface area (Å²) in [5.41, 5.74) is 1.90. The fourth-order valence-corrected chi connectivity index (χ4v) is 2.38. The topological polar surface area (TPSA) is 60.3 Å². The van der Waals surface area contributed by atoms with Gasteiger partial charge in [0.2, 0.25) is 5.91 Å². The Morgan fingerprint density at radius 3 is 2.92 bits per heavy atom. The lowest BCUT2D eigenvalue weighted by Crippen LogP contribution is -2.29. The summed E-state index contributed by atoms with van der Waals surface area (Å²) >= 11 is 0. The fourth-order valence-electron chi connectivity index (χ4n) is 2.38. The number of benzene rings is 1. The smallest absolute Gasteiger partial charge is 0.246 e. The van der Waals surface area contributed by atoms with Crippen LogP contribution in [0.25, 0.3) is 0 Å². The van der Waals surface area contributed by atoms with E-state index >= 15 is 0 Å². The zero-order valence-electron chi connectivity index (χ0n) is 14.3. The van der Waals surface area contributed by atoms with E-state index in [0.29, 0.717) is 26.2 Å². The number of carbonyl (C=O) groups excluding carboxylic acids is 1. The van der Waals surface area contributed by atoms with Crippen LogP contribution in [0.2, 0.25) is 0 Å². The van der Waals surface area contributed by atoms with Gasteiger partial charge in [0, 0.05) is 13.1 Å². The second-order valence-electron chi connectivity index (χ2n) is 5.44. The summed E-state index contributed by atoms with van der Waals surface area (Å²) in [6.07, 6.45) is 3.98. The normalized spacial score (nSPS) is 10.4. The van der Waals surface area contributed by atoms with Crippen LogP contribution in [0.1, 0.15) is 31.5 Å². The van der Waals surface area contributed by atoms with Crippen molar-refractivity contribution in [2.45, 2.75) is 39.9 Å². The van der Waals surface area contributed by atoms with Gasteiger partial charge in [0.15, 0.2) is 0 Å². The molecule has 2 aromatic rings. The van der Waals surface area contributed by atoms with Crippen molar-refractivity contribution < 1.29 is 9.53 Å². The number of hydrogen-bond donors (Lipinski definition) is 0. The van der Waals surface area contributed by atoms with Gasteiger partial charge in [-0.2, -0.15) is 0 Å². The number of ether oxygens (including phenoxy) is 1. The molecule has 0 N–H and O–H groups in total. The van der Waals surface area contributed by atoms with Crippen LogP contribution < -0.4 is 4.74 Å². The molecule has 0 aliphatic carbocycles. The molecule has 0 aliphatic heterocycles. The van der Waals surface area contributed by atoms with Crippen molar-refractivity contribution in [3.63, 3.8) is 0 Å². The van der Waals surface area contributed by atoms with Gasteiger partial charge in [0.25, 0.3) is 0 Å². The summed E-state index contributed by atoms with van der Waals surface area (Å²) in [5, 5.41) is 7.93. The Morgan fingerprint density at radius 1 is 1.38 bits per heavy atom. The van der Waals surface area contributed by atoms with Crippen LogP contribution in [0.5, 0.6) is 5.75 Å². The molecule has 24 heavy (non-hydrogen) atoms. The van der Waals surface area contributed by atoms with E-state index in [1.807, 2.05) is 31.2 Å². The van der Waals surface area contributed by atoms with Crippen LogP contribution in [-0.4, -0.2) is 32.4 Å². The first kappa shape index (κ1) is 17.7. The molecule has 1 amide bonds. The van der Waals surface area contributed by atoms with Crippen molar-refractivity contribution in [1.29, 1.82) is 0 Å². The minimum Gasteiger partial charge on any atom is -0.494 e. The van der Waals surface area contributed by atoms with Crippen LogP contribution in [0.3, 0.4) is 0 Å². The SMILES string of the molecule is C=CC(=O)N(Cc1cccc(OCCC)c1)Cc1cnnn1CC. The predicted octanol–water partition coefficient (Wildman–Crippen LogP) is 2.80. The number of carbonyl (C=O) groups is 1. The highest BCUT2D eigenvalue weighted by molar-refractivity contribution is 5.86. The highest BCUT2D eigenvalue weighted by Crippen LogP contribution is 2.17. The van der Waals surface area contributed by atoms with Gasteiger partial charge < -0.3 is 9.64 Å². The molecule has 0 atom stereocenters. The summed E-state index contributed by atoms with van der Waals surface area (Å²) in [5.74, 6) is 0.694. The highest BCUT2D eigenvalue weighted by atomic mass is 16.5. The van der Waals surface area contributed by atoms with E-state index in [1.165, 1.54) is 6.08 Å². The molecule has 0 saturated carbocycles. The van der Waals surface area contributed by atoms with Crippen molar-refractivity contribution in [3.05, 3.63) is 54.4 Å². The van der Waals surface area contributed by atoms with Crippen molar-refractivity contribution in [3.8, 4) is 5.75 Å². The molecule has 2 rings (SSSR count). The van der Waals surface area contributed by atoms with Crippen LogP contribution in [0, 0.1) is 0 Å². The molecule has 6 nitrogen and oxygen atoms in total. The summed E-state index contributed by atoms with van der Waals surface area (Å²) in [7, 11) is 0. The average molecular weight is 328 g/mol. The first-order valence-electron chi connectivity index (χ1n) is 8.18. The first-order valence-corrected chi connectivity index (χ1v) is 8.18. The third kappa shape index (κ3) is 4.68. The number of aromatic nitrogens is 3. The number of aryl methyl sites for hydroxylation is 1. The Morgan fingerprint density at radius 2 is 2.21 bits per heavy atom. The van der Waals surface area contributed by atoms with Gasteiger partial charge in [-0.15, -0.1) is 5.10 Å². The zero-order chi connectivity index (χ0) is 17.4. The van der Waals surface area contributed by atoms with E-state index < -0.39 is 0 Å². The van der Waals surface area contributed by atoms with Gasteiger partial charge in [-0.1, -0.05) is 30.8 Å². The minimum atomic E-state index is -0.126. The number of rotatable bonds is 9. The van der Waals surface area contributed by atoms with Gasteiger partial charge in [0.05, 0.1) is 25.0 Å². The quantitative estimate of drug-likeness (QED) is 0.664. The molecule has 128 valence electrons. The van der Waals surface area contributed by atoms with Gasteiger partial charge >= 0.3 is 0 Å². The Balaban J connectivity index is 2.14. The van der Waals surface area contributed by atoms with E-state index in [2.05, 4.69) is 23.8 Å². The average Bonchev–Trinajstić information content (AvgIpc) is 3.06. The molecular formula is C18H24N4O2. The molecule has 0 radical (unpaired) electrons. The van der Waals surface area contributed by atoms with Crippen LogP contribution in [0.15, 0.2) is 43.1 Å². The Bertz CT molecular complexity index is 681. The van der Waals surface area contributed by atoms with Gasteiger partial charge in [-0.25, -0.2) is 4.68 Å². The molecule has 0 aliphatic rings. The van der Waals surface area contributed by atoms with E-state index in [9.17, 15) is 4.79 Å². The molecule has 6 heteroatoms. The van der Waals surface area contributed by atoms with E-state index in [4.69, 9.17) is 4.74 Å². The van der Waals surface area contributed by atoms with E-state index in [1.54, 1.807) is 15.8 Å². The highest BCUT2D eigenvalue weighted by Gasteiger charge is 2.15. The van der Waals surface area contributed by atoms with Crippen LogP contribution >= 0.6 is 0 Å². The first-order chi connectivity index (χ1) is 11.7. The van der Waals surface area contributed by atoms with Crippen molar-refractivity contribution in [2.75, 3.05) is 6.61 Å². The Hall–Kier alpha value is -2.63. The Kier molecular flexibility index (Phi) is 6.54. The number of nitrogens with zero attached hydrogens (tertiary/aromatic N) is 4. The molecule has 1 aromatic carbocycles. The third-order valence-electron chi connectivity index (χ3n) is 3.58. The zero-order valence-corrected chi connectivity index (χ0v) is 14.3. The molecule has 0 unspecified atom stereocenters. The molecule has 1 heterocycles. The maximum absolute atomic E-state index is 12.2. The summed E-state index contributed by atoms with van der Waals surface area (Å²) in [6.45, 7) is 9.97. The van der Waals surface area contributed by atoms with Crippen molar-refractivity contribution >= 4 is 5.91 Å². The number of amides is 1. The minimum absolute atomic E-state index is 0.126. The lowest BCUT2D eigenvalue weighted by molar-refractivity contribution is -0.127. The maximum atomic E-state index is 12.2. The molecule has 0 saturated heterocycles. The lowest BCUT2D eigenvalue weighted by atomic mass is 10.2. The largest absolute Gasteiger partial charge is 0.494 e. The van der Waals surface area contributed by atoms with E-state index in [0.717, 1.165) is 23.4 Å². The standard InChI is InChI=1S/C18H24N4O2/c1-4-10-24-17-9-7-8-15(11-17)13-21(18(23)5-2)14-16-12-19-20-22(16)6-3/h5,7-9,11-12H,2,4,6,10,13-14H2,1,3H3. The molecule has 1 aromatic heterocycles. The fraction of sp³-hybridized carbons (Fsp3) is 0.389. The van der Waals surface area contributed by atoms with E-state index in [-0.39, 0.29) is 5.91 Å². The van der Waals surface area contributed by atoms with Crippen molar-refractivity contribution in [2.24, 2.45) is 0 Å². The lowest BCUT2D eigenvalue weighted by Gasteiger charge is -2.21. The summed E-state index contributed by atoms with van der Waals surface area (Å²) in [6, 6.07) is 7.82. The third-order valence-corrected chi connectivity index (χ3v) is 3.58. The van der Waals surface area contributed by atoms with Gasteiger partial charge in [-0.3, -0.25) is 4.79 Å². The molecule has 0 spiro atoms. The Labute approximate surface area is 142 Å². The maximum Gasteiger partial charge on any atom is 0.246 e.